The van der Waals surface area contributed by atoms with Gasteiger partial charge in [0.05, 0.1) is 6.61 Å². The zero-order chi connectivity index (χ0) is 19.9. The molecule has 2 amide bonds. The minimum atomic E-state index is -0.425. The Labute approximate surface area is 165 Å². The van der Waals surface area contributed by atoms with Crippen molar-refractivity contribution in [2.24, 2.45) is 5.92 Å². The maximum atomic E-state index is 12.5. The van der Waals surface area contributed by atoms with Gasteiger partial charge >= 0.3 is 6.09 Å². The summed E-state index contributed by atoms with van der Waals surface area (Å²) in [5.74, 6) is 0.894. The number of carbonyl (C=O) groups excluding carboxylic acids is 2. The fourth-order valence-electron chi connectivity index (χ4n) is 2.89. The van der Waals surface area contributed by atoms with Crippen LogP contribution in [-0.2, 0) is 16.1 Å². The quantitative estimate of drug-likeness (QED) is 0.764. The van der Waals surface area contributed by atoms with Crippen LogP contribution in [0.2, 0.25) is 0 Å². The standard InChI is InChI=1S/C22H26N2O4/c1-17(2)15-28-22(26)23-12-13-24(21(25)14-23)19-8-10-20(11-9-19)27-16-18-6-4-3-5-7-18/h3-11,17H,12-16H2,1-2H3. The summed E-state index contributed by atoms with van der Waals surface area (Å²) < 4.78 is 11.0. The lowest BCUT2D eigenvalue weighted by molar-refractivity contribution is -0.120. The van der Waals surface area contributed by atoms with Crippen LogP contribution >= 0.6 is 0 Å². The summed E-state index contributed by atoms with van der Waals surface area (Å²) in [5, 5.41) is 0. The topological polar surface area (TPSA) is 59.1 Å². The Morgan fingerprint density at radius 2 is 1.75 bits per heavy atom. The van der Waals surface area contributed by atoms with Crippen LogP contribution in [0.4, 0.5) is 10.5 Å². The Morgan fingerprint density at radius 3 is 2.39 bits per heavy atom. The molecule has 6 heteroatoms. The molecule has 0 aromatic heterocycles. The Balaban J connectivity index is 1.53. The van der Waals surface area contributed by atoms with Crippen molar-refractivity contribution in [2.45, 2.75) is 20.5 Å². The van der Waals surface area contributed by atoms with Gasteiger partial charge in [0.25, 0.3) is 0 Å². The monoisotopic (exact) mass is 382 g/mol. The second-order valence-corrected chi connectivity index (χ2v) is 7.21. The molecule has 6 nitrogen and oxygen atoms in total. The van der Waals surface area contributed by atoms with Crippen LogP contribution in [-0.4, -0.2) is 43.1 Å². The van der Waals surface area contributed by atoms with Crippen molar-refractivity contribution in [1.29, 1.82) is 0 Å². The molecular formula is C22H26N2O4. The summed E-state index contributed by atoms with van der Waals surface area (Å²) in [4.78, 5) is 27.7. The number of nitrogens with zero attached hydrogens (tertiary/aromatic N) is 2. The van der Waals surface area contributed by atoms with E-state index in [-0.39, 0.29) is 18.4 Å². The second kappa shape index (κ2) is 9.26. The predicted octanol–water partition coefficient (Wildman–Crippen LogP) is 3.71. The van der Waals surface area contributed by atoms with Gasteiger partial charge in [-0.1, -0.05) is 44.2 Å². The highest BCUT2D eigenvalue weighted by molar-refractivity contribution is 5.97. The van der Waals surface area contributed by atoms with E-state index in [1.807, 2.05) is 68.4 Å². The van der Waals surface area contributed by atoms with Crippen LogP contribution in [0, 0.1) is 5.92 Å². The molecule has 1 aliphatic heterocycles. The summed E-state index contributed by atoms with van der Waals surface area (Å²) in [6.07, 6.45) is -0.425. The van der Waals surface area contributed by atoms with E-state index < -0.39 is 6.09 Å². The highest BCUT2D eigenvalue weighted by atomic mass is 16.6. The molecule has 0 spiro atoms. The fraction of sp³-hybridized carbons (Fsp3) is 0.364. The second-order valence-electron chi connectivity index (χ2n) is 7.21. The highest BCUT2D eigenvalue weighted by Gasteiger charge is 2.29. The molecule has 3 rings (SSSR count). The molecule has 0 bridgehead atoms. The molecule has 0 atom stereocenters. The van der Waals surface area contributed by atoms with Gasteiger partial charge in [-0.2, -0.15) is 0 Å². The molecular weight excluding hydrogens is 356 g/mol. The maximum absolute atomic E-state index is 12.5. The number of carbonyl (C=O) groups is 2. The molecule has 0 unspecified atom stereocenters. The van der Waals surface area contributed by atoms with Gasteiger partial charge < -0.3 is 14.4 Å². The van der Waals surface area contributed by atoms with E-state index in [2.05, 4.69) is 0 Å². The van der Waals surface area contributed by atoms with E-state index in [4.69, 9.17) is 9.47 Å². The Hall–Kier alpha value is -3.02. The summed E-state index contributed by atoms with van der Waals surface area (Å²) >= 11 is 0. The van der Waals surface area contributed by atoms with Crippen molar-refractivity contribution in [3.05, 3.63) is 60.2 Å². The van der Waals surface area contributed by atoms with Crippen LogP contribution in [0.5, 0.6) is 5.75 Å². The zero-order valence-corrected chi connectivity index (χ0v) is 16.3. The first-order chi connectivity index (χ1) is 13.5. The number of anilines is 1. The number of hydrogen-bond acceptors (Lipinski definition) is 4. The number of benzene rings is 2. The molecule has 0 radical (unpaired) electrons. The Morgan fingerprint density at radius 1 is 1.04 bits per heavy atom. The smallest absolute Gasteiger partial charge is 0.410 e. The van der Waals surface area contributed by atoms with Gasteiger partial charge in [-0.05, 0) is 35.7 Å². The molecule has 28 heavy (non-hydrogen) atoms. The van der Waals surface area contributed by atoms with Gasteiger partial charge in [-0.15, -0.1) is 0 Å². The molecule has 2 aromatic rings. The molecule has 1 aliphatic rings. The lowest BCUT2D eigenvalue weighted by Gasteiger charge is -2.33. The number of piperazine rings is 1. The largest absolute Gasteiger partial charge is 0.489 e. The Bertz CT molecular complexity index is 790. The third kappa shape index (κ3) is 5.25. The highest BCUT2D eigenvalue weighted by Crippen LogP contribution is 2.22. The van der Waals surface area contributed by atoms with Gasteiger partial charge in [0.15, 0.2) is 0 Å². The zero-order valence-electron chi connectivity index (χ0n) is 16.3. The van der Waals surface area contributed by atoms with Crippen LogP contribution in [0.1, 0.15) is 19.4 Å². The van der Waals surface area contributed by atoms with Crippen molar-refractivity contribution in [3.8, 4) is 5.75 Å². The molecule has 0 saturated carbocycles. The van der Waals surface area contributed by atoms with E-state index >= 15 is 0 Å². The maximum Gasteiger partial charge on any atom is 0.410 e. The van der Waals surface area contributed by atoms with Crippen LogP contribution in [0.15, 0.2) is 54.6 Å². The molecule has 2 aromatic carbocycles. The Kier molecular flexibility index (Phi) is 6.53. The van der Waals surface area contributed by atoms with Gasteiger partial charge in [-0.25, -0.2) is 4.79 Å². The lowest BCUT2D eigenvalue weighted by atomic mass is 10.2. The average Bonchev–Trinajstić information content (AvgIpc) is 2.71. The van der Waals surface area contributed by atoms with E-state index in [1.165, 1.54) is 4.90 Å². The molecule has 1 fully saturated rings. The lowest BCUT2D eigenvalue weighted by Crippen LogP contribution is -2.52. The van der Waals surface area contributed by atoms with E-state index in [0.717, 1.165) is 17.0 Å². The normalized spacial score (nSPS) is 14.3. The summed E-state index contributed by atoms with van der Waals surface area (Å²) in [5.41, 5.74) is 1.90. The van der Waals surface area contributed by atoms with E-state index in [9.17, 15) is 9.59 Å². The van der Waals surface area contributed by atoms with Crippen molar-refractivity contribution in [2.75, 3.05) is 31.1 Å². The summed E-state index contributed by atoms with van der Waals surface area (Å²) in [6.45, 7) is 5.74. The molecule has 148 valence electrons. The van der Waals surface area contributed by atoms with Crippen molar-refractivity contribution in [1.82, 2.24) is 4.90 Å². The number of rotatable bonds is 6. The first kappa shape index (κ1) is 19.7. The average molecular weight is 382 g/mol. The van der Waals surface area contributed by atoms with Crippen molar-refractivity contribution in [3.63, 3.8) is 0 Å². The van der Waals surface area contributed by atoms with Gasteiger partial charge in [0.1, 0.15) is 18.9 Å². The first-order valence-electron chi connectivity index (χ1n) is 9.52. The summed E-state index contributed by atoms with van der Waals surface area (Å²) in [6, 6.07) is 17.4. The molecule has 0 N–H and O–H groups in total. The SMILES string of the molecule is CC(C)COC(=O)N1CCN(c2ccc(OCc3ccccc3)cc2)C(=O)C1. The molecule has 1 saturated heterocycles. The predicted molar refractivity (Wildman–Crippen MR) is 107 cm³/mol. The van der Waals surface area contributed by atoms with Crippen LogP contribution in [0.3, 0.4) is 0 Å². The van der Waals surface area contributed by atoms with Gasteiger partial charge in [0, 0.05) is 18.8 Å². The van der Waals surface area contributed by atoms with Gasteiger partial charge in [-0.3, -0.25) is 9.69 Å². The fourth-order valence-corrected chi connectivity index (χ4v) is 2.89. The molecule has 0 aliphatic carbocycles. The van der Waals surface area contributed by atoms with E-state index in [0.29, 0.717) is 26.3 Å². The van der Waals surface area contributed by atoms with Crippen molar-refractivity contribution < 1.29 is 19.1 Å². The summed E-state index contributed by atoms with van der Waals surface area (Å²) in [7, 11) is 0. The first-order valence-corrected chi connectivity index (χ1v) is 9.52. The van der Waals surface area contributed by atoms with Crippen LogP contribution < -0.4 is 9.64 Å². The number of hydrogen-bond donors (Lipinski definition) is 0. The van der Waals surface area contributed by atoms with Gasteiger partial charge in [0.2, 0.25) is 5.91 Å². The third-order valence-corrected chi connectivity index (χ3v) is 4.42. The minimum absolute atomic E-state index is 0.0309. The minimum Gasteiger partial charge on any atom is -0.489 e. The number of amides is 2. The third-order valence-electron chi connectivity index (χ3n) is 4.42. The van der Waals surface area contributed by atoms with E-state index in [1.54, 1.807) is 4.90 Å². The van der Waals surface area contributed by atoms with Crippen molar-refractivity contribution >= 4 is 17.7 Å². The van der Waals surface area contributed by atoms with Crippen LogP contribution in [0.25, 0.3) is 0 Å². The molecule has 1 heterocycles. The number of ether oxygens (including phenoxy) is 2.